The molecule has 0 unspecified atom stereocenters. The van der Waals surface area contributed by atoms with Gasteiger partial charge in [-0.05, 0) is 25.8 Å². The zero-order valence-electron chi connectivity index (χ0n) is 12.4. The molecule has 3 rings (SSSR count). The van der Waals surface area contributed by atoms with Gasteiger partial charge in [-0.2, -0.15) is 5.10 Å². The van der Waals surface area contributed by atoms with Gasteiger partial charge in [0.1, 0.15) is 12.4 Å². The zero-order valence-corrected chi connectivity index (χ0v) is 13.2. The van der Waals surface area contributed by atoms with Crippen molar-refractivity contribution in [2.75, 3.05) is 0 Å². The molecule has 0 aliphatic heterocycles. The summed E-state index contributed by atoms with van der Waals surface area (Å²) in [4.78, 5) is 0. The van der Waals surface area contributed by atoms with Gasteiger partial charge in [-0.15, -0.1) is 0 Å². The molecule has 21 heavy (non-hydrogen) atoms. The van der Waals surface area contributed by atoms with Crippen molar-refractivity contribution in [3.05, 3.63) is 46.2 Å². The Balaban J connectivity index is 1.69. The summed E-state index contributed by atoms with van der Waals surface area (Å²) < 4.78 is 7.75. The average Bonchev–Trinajstić information content (AvgIpc) is 3.26. The number of benzene rings is 1. The summed E-state index contributed by atoms with van der Waals surface area (Å²) in [6.45, 7) is 3.18. The summed E-state index contributed by atoms with van der Waals surface area (Å²) in [5.41, 5.74) is 2.92. The second-order valence-corrected chi connectivity index (χ2v) is 5.90. The lowest BCUT2D eigenvalue weighted by Gasteiger charge is -2.12. The molecule has 1 heterocycles. The van der Waals surface area contributed by atoms with E-state index in [0.717, 1.165) is 23.7 Å². The molecule has 1 aromatic carbocycles. The summed E-state index contributed by atoms with van der Waals surface area (Å²) in [5.74, 6) is 0.903. The van der Waals surface area contributed by atoms with E-state index in [1.54, 1.807) is 4.68 Å². The highest BCUT2D eigenvalue weighted by atomic mass is 35.5. The van der Waals surface area contributed by atoms with Crippen molar-refractivity contribution in [2.45, 2.75) is 39.0 Å². The topological polar surface area (TPSA) is 39.1 Å². The van der Waals surface area contributed by atoms with Crippen molar-refractivity contribution >= 4 is 11.6 Å². The van der Waals surface area contributed by atoms with Crippen molar-refractivity contribution in [3.63, 3.8) is 0 Å². The van der Waals surface area contributed by atoms with Crippen LogP contribution in [-0.4, -0.2) is 15.8 Å². The number of halogens is 1. The maximum atomic E-state index is 6.26. The van der Waals surface area contributed by atoms with Gasteiger partial charge in [-0.3, -0.25) is 4.68 Å². The minimum absolute atomic E-state index is 0.427. The van der Waals surface area contributed by atoms with E-state index in [1.165, 1.54) is 18.4 Å². The molecule has 0 radical (unpaired) electrons. The van der Waals surface area contributed by atoms with Gasteiger partial charge in [-0.1, -0.05) is 29.8 Å². The fraction of sp³-hybridized carbons (Fsp3) is 0.438. The fourth-order valence-electron chi connectivity index (χ4n) is 2.32. The number of hydrogen-bond acceptors (Lipinski definition) is 3. The van der Waals surface area contributed by atoms with Gasteiger partial charge < -0.3 is 10.1 Å². The Labute approximate surface area is 130 Å². The molecule has 5 heteroatoms. The van der Waals surface area contributed by atoms with Gasteiger partial charge in [0, 0.05) is 25.2 Å². The molecule has 1 aliphatic carbocycles. The van der Waals surface area contributed by atoms with Crippen molar-refractivity contribution < 1.29 is 4.74 Å². The molecule has 1 aliphatic rings. The Hall–Kier alpha value is -1.52. The van der Waals surface area contributed by atoms with E-state index in [-0.39, 0.29) is 0 Å². The third-order valence-electron chi connectivity index (χ3n) is 3.76. The first-order chi connectivity index (χ1) is 10.1. The molecular weight excluding hydrogens is 286 g/mol. The van der Waals surface area contributed by atoms with E-state index in [9.17, 15) is 0 Å². The van der Waals surface area contributed by atoms with E-state index >= 15 is 0 Å². The first-order valence-corrected chi connectivity index (χ1v) is 7.65. The molecule has 4 nitrogen and oxygen atoms in total. The summed E-state index contributed by atoms with van der Waals surface area (Å²) in [6, 6.07) is 8.82. The SMILES string of the molecule is Cc1nn(C)c(COc2ccccc2CNC2CC2)c1Cl. The highest BCUT2D eigenvalue weighted by Crippen LogP contribution is 2.25. The van der Waals surface area contributed by atoms with Crippen molar-refractivity contribution in [1.82, 2.24) is 15.1 Å². The van der Waals surface area contributed by atoms with Crippen molar-refractivity contribution in [2.24, 2.45) is 7.05 Å². The largest absolute Gasteiger partial charge is 0.487 e. The molecule has 0 bridgehead atoms. The highest BCUT2D eigenvalue weighted by Gasteiger charge is 2.20. The van der Waals surface area contributed by atoms with Crippen LogP contribution in [0.1, 0.15) is 29.8 Å². The number of nitrogens with zero attached hydrogens (tertiary/aromatic N) is 2. The number of ether oxygens (including phenoxy) is 1. The van der Waals surface area contributed by atoms with E-state index in [1.807, 2.05) is 32.2 Å². The number of aryl methyl sites for hydroxylation is 2. The number of nitrogens with one attached hydrogen (secondary N) is 1. The molecule has 2 aromatic rings. The van der Waals surface area contributed by atoms with Crippen LogP contribution in [0, 0.1) is 6.92 Å². The fourth-order valence-corrected chi connectivity index (χ4v) is 2.53. The maximum Gasteiger partial charge on any atom is 0.131 e. The lowest BCUT2D eigenvalue weighted by atomic mass is 10.2. The van der Waals surface area contributed by atoms with Crippen LogP contribution < -0.4 is 10.1 Å². The van der Waals surface area contributed by atoms with Crippen LogP contribution in [0.3, 0.4) is 0 Å². The molecule has 0 atom stereocenters. The van der Waals surface area contributed by atoms with Gasteiger partial charge in [0.25, 0.3) is 0 Å². The lowest BCUT2D eigenvalue weighted by Crippen LogP contribution is -2.16. The third kappa shape index (κ3) is 3.39. The predicted molar refractivity (Wildman–Crippen MR) is 83.6 cm³/mol. The molecular formula is C16H20ClN3O. The van der Waals surface area contributed by atoms with Gasteiger partial charge in [0.05, 0.1) is 16.4 Å². The van der Waals surface area contributed by atoms with Crippen molar-refractivity contribution in [1.29, 1.82) is 0 Å². The number of hydrogen-bond donors (Lipinski definition) is 1. The molecule has 0 saturated heterocycles. The molecule has 112 valence electrons. The Morgan fingerprint density at radius 3 is 2.81 bits per heavy atom. The molecule has 1 N–H and O–H groups in total. The quantitative estimate of drug-likeness (QED) is 0.890. The number of aromatic nitrogens is 2. The van der Waals surface area contributed by atoms with Gasteiger partial charge in [0.15, 0.2) is 0 Å². The summed E-state index contributed by atoms with van der Waals surface area (Å²) in [7, 11) is 1.89. The van der Waals surface area contributed by atoms with Crippen LogP contribution in [0.25, 0.3) is 0 Å². The normalized spacial score (nSPS) is 14.4. The van der Waals surface area contributed by atoms with Gasteiger partial charge in [-0.25, -0.2) is 0 Å². The van der Waals surface area contributed by atoms with Crippen LogP contribution in [0.2, 0.25) is 5.02 Å². The second kappa shape index (κ2) is 6.08. The summed E-state index contributed by atoms with van der Waals surface area (Å²) >= 11 is 6.26. The summed E-state index contributed by atoms with van der Waals surface area (Å²) in [6.07, 6.45) is 2.57. The zero-order chi connectivity index (χ0) is 14.8. The minimum atomic E-state index is 0.427. The first-order valence-electron chi connectivity index (χ1n) is 7.27. The van der Waals surface area contributed by atoms with E-state index in [2.05, 4.69) is 16.5 Å². The van der Waals surface area contributed by atoms with E-state index in [0.29, 0.717) is 17.7 Å². The Bertz CT molecular complexity index is 634. The standard InChI is InChI=1S/C16H20ClN3O/c1-11-16(17)14(20(2)19-11)10-21-15-6-4-3-5-12(15)9-18-13-7-8-13/h3-6,13,18H,7-10H2,1-2H3. The Morgan fingerprint density at radius 2 is 2.14 bits per heavy atom. The van der Waals surface area contributed by atoms with Crippen LogP contribution >= 0.6 is 11.6 Å². The smallest absolute Gasteiger partial charge is 0.131 e. The Morgan fingerprint density at radius 1 is 1.38 bits per heavy atom. The predicted octanol–water partition coefficient (Wildman–Crippen LogP) is 3.21. The van der Waals surface area contributed by atoms with Crippen LogP contribution in [0.15, 0.2) is 24.3 Å². The number of rotatable bonds is 6. The van der Waals surface area contributed by atoms with E-state index in [4.69, 9.17) is 16.3 Å². The third-order valence-corrected chi connectivity index (χ3v) is 4.25. The van der Waals surface area contributed by atoms with Crippen LogP contribution in [0.4, 0.5) is 0 Å². The highest BCUT2D eigenvalue weighted by molar-refractivity contribution is 6.31. The van der Waals surface area contributed by atoms with Gasteiger partial charge in [0.2, 0.25) is 0 Å². The Kier molecular flexibility index (Phi) is 4.17. The van der Waals surface area contributed by atoms with Crippen LogP contribution in [-0.2, 0) is 20.2 Å². The average molecular weight is 306 g/mol. The van der Waals surface area contributed by atoms with Crippen LogP contribution in [0.5, 0.6) is 5.75 Å². The molecule has 1 aromatic heterocycles. The first kappa shape index (κ1) is 14.4. The summed E-state index contributed by atoms with van der Waals surface area (Å²) in [5, 5.41) is 8.51. The molecule has 0 spiro atoms. The van der Waals surface area contributed by atoms with E-state index < -0.39 is 0 Å². The minimum Gasteiger partial charge on any atom is -0.487 e. The van der Waals surface area contributed by atoms with Gasteiger partial charge >= 0.3 is 0 Å². The monoisotopic (exact) mass is 305 g/mol. The maximum absolute atomic E-state index is 6.26. The number of para-hydroxylation sites is 1. The molecule has 1 saturated carbocycles. The van der Waals surface area contributed by atoms with Crippen molar-refractivity contribution in [3.8, 4) is 5.75 Å². The molecule has 0 amide bonds. The second-order valence-electron chi connectivity index (χ2n) is 5.52. The molecule has 1 fully saturated rings. The lowest BCUT2D eigenvalue weighted by molar-refractivity contribution is 0.291.